The molecule has 1 aliphatic rings. The summed E-state index contributed by atoms with van der Waals surface area (Å²) in [5.41, 5.74) is 4.97. The molecule has 0 amide bonds. The van der Waals surface area contributed by atoms with Crippen LogP contribution in [0.25, 0.3) is 11.1 Å². The lowest BCUT2D eigenvalue weighted by atomic mass is 9.92. The first-order chi connectivity index (χ1) is 11.7. The van der Waals surface area contributed by atoms with Gasteiger partial charge in [0.25, 0.3) is 0 Å². The third kappa shape index (κ3) is 3.00. The van der Waals surface area contributed by atoms with Crippen molar-refractivity contribution in [2.24, 2.45) is 4.99 Å². The summed E-state index contributed by atoms with van der Waals surface area (Å²) in [6.45, 7) is 0.796. The average molecular weight is 313 g/mol. The van der Waals surface area contributed by atoms with Gasteiger partial charge in [-0.15, -0.1) is 0 Å². The molecule has 0 spiro atoms. The third-order valence-corrected chi connectivity index (χ3v) is 4.10. The van der Waals surface area contributed by atoms with E-state index in [1.807, 2.05) is 56.6 Å². The van der Waals surface area contributed by atoms with Gasteiger partial charge in [0, 0.05) is 26.2 Å². The zero-order chi connectivity index (χ0) is 16.9. The monoisotopic (exact) mass is 313 g/mol. The highest BCUT2D eigenvalue weighted by atomic mass is 15.2. The van der Waals surface area contributed by atoms with Gasteiger partial charge in [-0.3, -0.25) is 4.99 Å². The molecule has 24 heavy (non-hydrogen) atoms. The van der Waals surface area contributed by atoms with Gasteiger partial charge in [-0.2, -0.15) is 5.26 Å². The van der Waals surface area contributed by atoms with Crippen LogP contribution in [0.3, 0.4) is 0 Å². The second-order valence-corrected chi connectivity index (χ2v) is 5.68. The molecular formula is C21H19N3. The lowest BCUT2D eigenvalue weighted by Crippen LogP contribution is -2.27. The van der Waals surface area contributed by atoms with E-state index in [1.165, 1.54) is 0 Å². The van der Waals surface area contributed by atoms with Gasteiger partial charge in [0.15, 0.2) is 0 Å². The first kappa shape index (κ1) is 15.8. The lowest BCUT2D eigenvalue weighted by Gasteiger charge is -2.22. The van der Waals surface area contributed by atoms with E-state index in [4.69, 9.17) is 0 Å². The van der Waals surface area contributed by atoms with Gasteiger partial charge in [-0.05, 0) is 28.8 Å². The van der Waals surface area contributed by atoms with E-state index in [0.29, 0.717) is 5.56 Å². The molecule has 0 saturated carbocycles. The normalized spacial score (nSPS) is 16.2. The van der Waals surface area contributed by atoms with Gasteiger partial charge in [0.2, 0.25) is 0 Å². The highest BCUT2D eigenvalue weighted by molar-refractivity contribution is 6.30. The van der Waals surface area contributed by atoms with Crippen LogP contribution in [-0.2, 0) is 0 Å². The number of amidine groups is 1. The first-order valence-corrected chi connectivity index (χ1v) is 7.89. The Kier molecular flexibility index (Phi) is 4.58. The molecule has 3 rings (SSSR count). The van der Waals surface area contributed by atoms with Crippen molar-refractivity contribution in [3.8, 4) is 6.07 Å². The van der Waals surface area contributed by atoms with Gasteiger partial charge in [-0.25, -0.2) is 0 Å². The minimum absolute atomic E-state index is 0.652. The van der Waals surface area contributed by atoms with Crippen LogP contribution in [0.5, 0.6) is 0 Å². The molecule has 0 fully saturated rings. The molecule has 0 atom stereocenters. The Balaban J connectivity index is 2.31. The van der Waals surface area contributed by atoms with Gasteiger partial charge in [-0.1, -0.05) is 54.6 Å². The fourth-order valence-corrected chi connectivity index (χ4v) is 2.98. The van der Waals surface area contributed by atoms with Crippen molar-refractivity contribution in [2.45, 2.75) is 0 Å². The Hall–Kier alpha value is -3.12. The predicted octanol–water partition coefficient (Wildman–Crippen LogP) is 4.00. The summed E-state index contributed by atoms with van der Waals surface area (Å²) in [5, 5.41) is 9.25. The summed E-state index contributed by atoms with van der Waals surface area (Å²) in [6, 6.07) is 20.2. The number of aliphatic imine (C=N–C) groups is 1. The molecule has 1 aliphatic heterocycles. The summed E-state index contributed by atoms with van der Waals surface area (Å²) in [6.07, 6.45) is 4.30. The fourth-order valence-electron chi connectivity index (χ4n) is 2.98. The van der Waals surface area contributed by atoms with Crippen LogP contribution >= 0.6 is 0 Å². The molecule has 118 valence electrons. The van der Waals surface area contributed by atoms with Gasteiger partial charge in [0.1, 0.15) is 5.84 Å². The smallest absolute Gasteiger partial charge is 0.131 e. The standard InChI is InChI=1S/C21H19N3/c1-23-21-20(18-11-6-8-16(14-18)15-22)19(12-7-13-24(21)2)17-9-4-3-5-10-17/h3-12,14H,13H2,1-2H3. The van der Waals surface area contributed by atoms with E-state index < -0.39 is 0 Å². The minimum Gasteiger partial charge on any atom is -0.356 e. The number of hydrogen-bond donors (Lipinski definition) is 0. The lowest BCUT2D eigenvalue weighted by molar-refractivity contribution is 0.569. The van der Waals surface area contributed by atoms with Crippen LogP contribution < -0.4 is 0 Å². The van der Waals surface area contributed by atoms with Crippen molar-refractivity contribution in [3.05, 3.63) is 83.4 Å². The molecule has 0 radical (unpaired) electrons. The quantitative estimate of drug-likeness (QED) is 0.840. The Morgan fingerprint density at radius 3 is 2.50 bits per heavy atom. The maximum atomic E-state index is 9.25. The Bertz CT molecular complexity index is 867. The summed E-state index contributed by atoms with van der Waals surface area (Å²) >= 11 is 0. The van der Waals surface area contributed by atoms with Crippen molar-refractivity contribution in [1.29, 1.82) is 5.26 Å². The Morgan fingerprint density at radius 2 is 1.79 bits per heavy atom. The van der Waals surface area contributed by atoms with E-state index in [1.54, 1.807) is 0 Å². The molecule has 0 N–H and O–H groups in total. The molecule has 0 aliphatic carbocycles. The predicted molar refractivity (Wildman–Crippen MR) is 99.5 cm³/mol. The number of benzene rings is 2. The molecule has 0 bridgehead atoms. The summed E-state index contributed by atoms with van der Waals surface area (Å²) in [7, 11) is 3.85. The minimum atomic E-state index is 0.652. The number of allylic oxidation sites excluding steroid dienone is 2. The maximum Gasteiger partial charge on any atom is 0.131 e. The highest BCUT2D eigenvalue weighted by Gasteiger charge is 2.20. The van der Waals surface area contributed by atoms with Gasteiger partial charge in [0.05, 0.1) is 11.6 Å². The molecule has 0 saturated heterocycles. The molecule has 3 nitrogen and oxygen atoms in total. The van der Waals surface area contributed by atoms with Crippen LogP contribution in [0.15, 0.2) is 71.7 Å². The second-order valence-electron chi connectivity index (χ2n) is 5.68. The van der Waals surface area contributed by atoms with E-state index in [-0.39, 0.29) is 0 Å². The molecule has 2 aromatic carbocycles. The third-order valence-electron chi connectivity index (χ3n) is 4.10. The van der Waals surface area contributed by atoms with Crippen LogP contribution in [0.1, 0.15) is 16.7 Å². The SMILES string of the molecule is CN=C1C(c2cccc(C#N)c2)=C(c2ccccc2)C=CCN1C. The van der Waals surface area contributed by atoms with Gasteiger partial charge >= 0.3 is 0 Å². The van der Waals surface area contributed by atoms with Crippen LogP contribution in [0, 0.1) is 11.3 Å². The number of hydrogen-bond acceptors (Lipinski definition) is 2. The molecule has 2 aromatic rings. The van der Waals surface area contributed by atoms with Crippen LogP contribution in [0.2, 0.25) is 0 Å². The van der Waals surface area contributed by atoms with Crippen molar-refractivity contribution in [2.75, 3.05) is 20.6 Å². The van der Waals surface area contributed by atoms with Crippen molar-refractivity contribution >= 4 is 17.0 Å². The van der Waals surface area contributed by atoms with Crippen molar-refractivity contribution < 1.29 is 0 Å². The number of nitrogens with zero attached hydrogens (tertiary/aromatic N) is 3. The molecule has 3 heteroatoms. The summed E-state index contributed by atoms with van der Waals surface area (Å²) in [5.74, 6) is 0.925. The van der Waals surface area contributed by atoms with Crippen LogP contribution in [-0.4, -0.2) is 31.4 Å². The molecular weight excluding hydrogens is 294 g/mol. The van der Waals surface area contributed by atoms with Crippen molar-refractivity contribution in [1.82, 2.24) is 4.90 Å². The molecule has 1 heterocycles. The molecule has 0 unspecified atom stereocenters. The van der Waals surface area contributed by atoms with E-state index >= 15 is 0 Å². The summed E-state index contributed by atoms with van der Waals surface area (Å²) in [4.78, 5) is 6.67. The average Bonchev–Trinajstić information content (AvgIpc) is 2.81. The van der Waals surface area contributed by atoms with E-state index in [0.717, 1.165) is 34.7 Å². The Labute approximate surface area is 142 Å². The largest absolute Gasteiger partial charge is 0.356 e. The zero-order valence-corrected chi connectivity index (χ0v) is 13.9. The topological polar surface area (TPSA) is 39.4 Å². The number of likely N-dealkylation sites (N-methyl/N-ethyl adjacent to an activating group) is 1. The number of rotatable bonds is 2. The Morgan fingerprint density at radius 1 is 1.04 bits per heavy atom. The number of nitriles is 1. The first-order valence-electron chi connectivity index (χ1n) is 7.89. The summed E-state index contributed by atoms with van der Waals surface area (Å²) < 4.78 is 0. The van der Waals surface area contributed by atoms with E-state index in [2.05, 4.69) is 40.2 Å². The van der Waals surface area contributed by atoms with Crippen molar-refractivity contribution in [3.63, 3.8) is 0 Å². The van der Waals surface area contributed by atoms with Crippen LogP contribution in [0.4, 0.5) is 0 Å². The highest BCUT2D eigenvalue weighted by Crippen LogP contribution is 2.31. The fraction of sp³-hybridized carbons (Fsp3) is 0.143. The zero-order valence-electron chi connectivity index (χ0n) is 13.9. The molecule has 0 aromatic heterocycles. The van der Waals surface area contributed by atoms with E-state index in [9.17, 15) is 5.26 Å². The second kappa shape index (κ2) is 6.97. The maximum absolute atomic E-state index is 9.25. The van der Waals surface area contributed by atoms with Gasteiger partial charge < -0.3 is 4.90 Å².